The second-order valence-corrected chi connectivity index (χ2v) is 3.69. The van der Waals surface area contributed by atoms with Crippen LogP contribution in [0.2, 0.25) is 10.3 Å². The van der Waals surface area contributed by atoms with Crippen molar-refractivity contribution in [3.8, 4) is 0 Å². The Morgan fingerprint density at radius 1 is 1.33 bits per heavy atom. The van der Waals surface area contributed by atoms with Crippen LogP contribution in [0, 0.1) is 0 Å². The van der Waals surface area contributed by atoms with E-state index in [1.165, 1.54) is 12.1 Å². The van der Waals surface area contributed by atoms with Crippen molar-refractivity contribution >= 4 is 23.2 Å². The van der Waals surface area contributed by atoms with Gasteiger partial charge >= 0.3 is 6.18 Å². The third-order valence-electron chi connectivity index (χ3n) is 1.69. The van der Waals surface area contributed by atoms with Gasteiger partial charge in [0.25, 0.3) is 0 Å². The molecule has 2 nitrogen and oxygen atoms in total. The van der Waals surface area contributed by atoms with E-state index in [1.54, 1.807) is 0 Å². The molecule has 1 atom stereocenters. The van der Waals surface area contributed by atoms with Crippen LogP contribution in [0.15, 0.2) is 12.1 Å². The normalized spacial score (nSPS) is 14.0. The molecule has 0 aliphatic heterocycles. The molecule has 0 bridgehead atoms. The Bertz CT molecular complexity index is 354. The van der Waals surface area contributed by atoms with Crippen LogP contribution in [0.25, 0.3) is 0 Å². The number of alkyl halides is 3. The van der Waals surface area contributed by atoms with Gasteiger partial charge in [0, 0.05) is 11.6 Å². The van der Waals surface area contributed by atoms with Crippen LogP contribution in [-0.4, -0.2) is 11.2 Å². The summed E-state index contributed by atoms with van der Waals surface area (Å²) >= 11 is 11.1. The molecular weight excluding hydrogens is 252 g/mol. The Balaban J connectivity index is 2.87. The summed E-state index contributed by atoms with van der Waals surface area (Å²) in [4.78, 5) is 3.61. The first-order valence-corrected chi connectivity index (χ1v) is 4.69. The molecule has 1 aromatic rings. The molecule has 84 valence electrons. The van der Waals surface area contributed by atoms with E-state index < -0.39 is 18.6 Å². The zero-order valence-corrected chi connectivity index (χ0v) is 8.87. The van der Waals surface area contributed by atoms with Crippen molar-refractivity contribution in [3.05, 3.63) is 28.0 Å². The molecule has 1 rings (SSSR count). The van der Waals surface area contributed by atoms with Crippen molar-refractivity contribution in [1.82, 2.24) is 4.98 Å². The van der Waals surface area contributed by atoms with Gasteiger partial charge in [-0.05, 0) is 6.07 Å². The molecule has 0 aromatic carbocycles. The van der Waals surface area contributed by atoms with E-state index in [0.29, 0.717) is 0 Å². The number of hydrogen-bond donors (Lipinski definition) is 1. The lowest BCUT2D eigenvalue weighted by molar-refractivity contribution is -0.138. The van der Waals surface area contributed by atoms with Gasteiger partial charge in [-0.25, -0.2) is 4.98 Å². The van der Waals surface area contributed by atoms with E-state index >= 15 is 0 Å². The number of halogens is 5. The molecular formula is C8H7Cl2F3N2. The molecule has 0 amide bonds. The van der Waals surface area contributed by atoms with Crippen LogP contribution < -0.4 is 5.73 Å². The molecule has 7 heteroatoms. The van der Waals surface area contributed by atoms with E-state index in [-0.39, 0.29) is 15.9 Å². The Kier molecular flexibility index (Phi) is 3.81. The van der Waals surface area contributed by atoms with E-state index in [1.807, 2.05) is 0 Å². The highest BCUT2D eigenvalue weighted by molar-refractivity contribution is 6.32. The number of aromatic nitrogens is 1. The lowest BCUT2D eigenvalue weighted by Crippen LogP contribution is -2.20. The fourth-order valence-electron chi connectivity index (χ4n) is 1.06. The lowest BCUT2D eigenvalue weighted by Gasteiger charge is -2.15. The zero-order chi connectivity index (χ0) is 11.6. The number of nitrogens with two attached hydrogens (primary N) is 1. The Morgan fingerprint density at radius 3 is 2.40 bits per heavy atom. The van der Waals surface area contributed by atoms with Crippen molar-refractivity contribution in [1.29, 1.82) is 0 Å². The maximum atomic E-state index is 12.0. The van der Waals surface area contributed by atoms with Crippen LogP contribution in [0.5, 0.6) is 0 Å². The Labute approximate surface area is 94.2 Å². The molecule has 0 saturated heterocycles. The average Bonchev–Trinajstić information content (AvgIpc) is 1.99. The number of nitrogens with zero attached hydrogens (tertiary/aromatic N) is 1. The van der Waals surface area contributed by atoms with Crippen LogP contribution in [0.1, 0.15) is 18.0 Å². The molecule has 0 aliphatic carbocycles. The van der Waals surface area contributed by atoms with E-state index in [0.717, 1.165) is 0 Å². The highest BCUT2D eigenvalue weighted by Crippen LogP contribution is 2.30. The fraction of sp³-hybridized carbons (Fsp3) is 0.375. The van der Waals surface area contributed by atoms with Gasteiger partial charge in [-0.2, -0.15) is 13.2 Å². The standard InChI is InChI=1S/C8H7Cl2F3N2/c9-6-2-1-4(7(10)15-6)5(14)3-8(11,12)13/h1-2,5H,3,14H2/t5-/m0/s1. The molecule has 0 unspecified atom stereocenters. The van der Waals surface area contributed by atoms with Gasteiger partial charge in [-0.3, -0.25) is 0 Å². The van der Waals surface area contributed by atoms with Gasteiger partial charge in [-0.15, -0.1) is 0 Å². The summed E-state index contributed by atoms with van der Waals surface area (Å²) in [5.74, 6) is 0. The fourth-order valence-corrected chi connectivity index (χ4v) is 1.54. The topological polar surface area (TPSA) is 38.9 Å². The molecule has 1 aromatic heterocycles. The minimum absolute atomic E-state index is 0.0979. The molecule has 1 heterocycles. The number of hydrogen-bond acceptors (Lipinski definition) is 2. The third kappa shape index (κ3) is 3.85. The van der Waals surface area contributed by atoms with E-state index in [2.05, 4.69) is 4.98 Å². The minimum Gasteiger partial charge on any atom is -0.324 e. The van der Waals surface area contributed by atoms with E-state index in [9.17, 15) is 13.2 Å². The monoisotopic (exact) mass is 258 g/mol. The third-order valence-corrected chi connectivity index (χ3v) is 2.21. The predicted octanol–water partition coefficient (Wildman–Crippen LogP) is 3.34. The Morgan fingerprint density at radius 2 is 1.93 bits per heavy atom. The maximum absolute atomic E-state index is 12.0. The first kappa shape index (κ1) is 12.5. The predicted molar refractivity (Wildman–Crippen MR) is 51.9 cm³/mol. The van der Waals surface area contributed by atoms with Gasteiger partial charge in [-0.1, -0.05) is 29.3 Å². The van der Waals surface area contributed by atoms with Gasteiger partial charge in [0.05, 0.1) is 6.42 Å². The summed E-state index contributed by atoms with van der Waals surface area (Å²) in [5, 5.41) is 0.0159. The summed E-state index contributed by atoms with van der Waals surface area (Å²) in [5.41, 5.74) is 5.48. The molecule has 0 aliphatic rings. The minimum atomic E-state index is -4.33. The Hall–Kier alpha value is -0.520. The second kappa shape index (κ2) is 4.55. The quantitative estimate of drug-likeness (QED) is 0.827. The first-order chi connectivity index (χ1) is 6.79. The van der Waals surface area contributed by atoms with Gasteiger partial charge in [0.15, 0.2) is 0 Å². The highest BCUT2D eigenvalue weighted by Gasteiger charge is 2.31. The molecule has 0 spiro atoms. The van der Waals surface area contributed by atoms with E-state index in [4.69, 9.17) is 28.9 Å². The van der Waals surface area contributed by atoms with Crippen molar-refractivity contribution in [3.63, 3.8) is 0 Å². The molecule has 15 heavy (non-hydrogen) atoms. The smallest absolute Gasteiger partial charge is 0.324 e. The molecule has 0 radical (unpaired) electrons. The summed E-state index contributed by atoms with van der Waals surface area (Å²) in [6, 6.07) is 1.47. The first-order valence-electron chi connectivity index (χ1n) is 3.94. The van der Waals surface area contributed by atoms with Crippen LogP contribution in [-0.2, 0) is 0 Å². The number of rotatable bonds is 2. The molecule has 0 fully saturated rings. The SMILES string of the molecule is N[C@@H](CC(F)(F)F)c1ccc(Cl)nc1Cl. The molecule has 2 N–H and O–H groups in total. The van der Waals surface area contributed by atoms with Crippen molar-refractivity contribution in [2.75, 3.05) is 0 Å². The lowest BCUT2D eigenvalue weighted by atomic mass is 10.1. The summed E-state index contributed by atoms with van der Waals surface area (Å²) < 4.78 is 36.1. The van der Waals surface area contributed by atoms with Gasteiger partial charge < -0.3 is 5.73 Å². The van der Waals surface area contributed by atoms with Gasteiger partial charge in [0.1, 0.15) is 10.3 Å². The maximum Gasteiger partial charge on any atom is 0.390 e. The highest BCUT2D eigenvalue weighted by atomic mass is 35.5. The van der Waals surface area contributed by atoms with Crippen molar-refractivity contribution < 1.29 is 13.2 Å². The molecule has 0 saturated carbocycles. The number of pyridine rings is 1. The van der Waals surface area contributed by atoms with Gasteiger partial charge in [0.2, 0.25) is 0 Å². The van der Waals surface area contributed by atoms with Crippen LogP contribution in [0.4, 0.5) is 13.2 Å². The zero-order valence-electron chi connectivity index (χ0n) is 7.35. The summed E-state index contributed by atoms with van der Waals surface area (Å²) in [7, 11) is 0. The summed E-state index contributed by atoms with van der Waals surface area (Å²) in [6.45, 7) is 0. The van der Waals surface area contributed by atoms with Crippen molar-refractivity contribution in [2.45, 2.75) is 18.6 Å². The second-order valence-electron chi connectivity index (χ2n) is 2.94. The largest absolute Gasteiger partial charge is 0.390 e. The van der Waals surface area contributed by atoms with Crippen LogP contribution in [0.3, 0.4) is 0 Å². The average molecular weight is 259 g/mol. The van der Waals surface area contributed by atoms with Crippen molar-refractivity contribution in [2.24, 2.45) is 5.73 Å². The van der Waals surface area contributed by atoms with Crippen LogP contribution >= 0.6 is 23.2 Å². The summed E-state index contributed by atoms with van der Waals surface area (Å²) in [6.07, 6.45) is -5.47.